The molecule has 1 aliphatic heterocycles. The van der Waals surface area contributed by atoms with E-state index in [1.54, 1.807) is 18.2 Å². The summed E-state index contributed by atoms with van der Waals surface area (Å²) in [6.07, 6.45) is 1.86. The van der Waals surface area contributed by atoms with Gasteiger partial charge in [0, 0.05) is 36.0 Å². The van der Waals surface area contributed by atoms with Crippen LogP contribution >= 0.6 is 0 Å². The van der Waals surface area contributed by atoms with E-state index in [2.05, 4.69) is 15.2 Å². The van der Waals surface area contributed by atoms with Crippen molar-refractivity contribution in [3.8, 4) is 11.5 Å². The number of hydrogen-bond donors (Lipinski definition) is 1. The Morgan fingerprint density at radius 3 is 2.27 bits per heavy atom. The summed E-state index contributed by atoms with van der Waals surface area (Å²) in [4.78, 5) is 4.78. The van der Waals surface area contributed by atoms with Gasteiger partial charge < -0.3 is 14.8 Å². The number of nitrogens with zero attached hydrogens (tertiary/aromatic N) is 3. The number of pyridine rings is 1. The molecule has 3 aromatic carbocycles. The van der Waals surface area contributed by atoms with Gasteiger partial charge in [0.2, 0.25) is 0 Å². The van der Waals surface area contributed by atoms with Crippen LogP contribution < -0.4 is 19.1 Å². The highest BCUT2D eigenvalue weighted by molar-refractivity contribution is 7.92. The molecular formula is C31H30F4N4O4S. The van der Waals surface area contributed by atoms with Crippen molar-refractivity contribution in [2.24, 2.45) is 0 Å². The van der Waals surface area contributed by atoms with E-state index < -0.39 is 44.7 Å². The Kier molecular flexibility index (Phi) is 9.25. The number of hydrogen-bond acceptors (Lipinski definition) is 7. The first-order valence-corrected chi connectivity index (χ1v) is 15.1. The third kappa shape index (κ3) is 6.58. The first-order valence-electron chi connectivity index (χ1n) is 13.7. The highest BCUT2D eigenvalue weighted by Gasteiger charge is 2.33. The molecule has 0 unspecified atom stereocenters. The summed E-state index contributed by atoms with van der Waals surface area (Å²) in [5.74, 6) is -3.56. The molecule has 4 aromatic rings. The van der Waals surface area contributed by atoms with Gasteiger partial charge in [-0.05, 0) is 67.5 Å². The van der Waals surface area contributed by atoms with Crippen molar-refractivity contribution < 1.29 is 35.5 Å². The molecule has 0 aliphatic carbocycles. The summed E-state index contributed by atoms with van der Waals surface area (Å²) in [6, 6.07) is 13.0. The van der Waals surface area contributed by atoms with Crippen molar-refractivity contribution in [3.05, 3.63) is 107 Å². The van der Waals surface area contributed by atoms with Crippen LogP contribution in [-0.4, -0.2) is 45.6 Å². The topological polar surface area (TPSA) is 84.0 Å². The summed E-state index contributed by atoms with van der Waals surface area (Å²) in [5, 5.41) is 2.82. The monoisotopic (exact) mass is 630 g/mol. The van der Waals surface area contributed by atoms with Gasteiger partial charge >= 0.3 is 0 Å². The number of benzene rings is 3. The van der Waals surface area contributed by atoms with Crippen LogP contribution in [0.1, 0.15) is 23.1 Å². The van der Waals surface area contributed by atoms with Gasteiger partial charge in [-0.2, -0.15) is 0 Å². The number of sulfonamides is 1. The Morgan fingerprint density at radius 1 is 0.909 bits per heavy atom. The van der Waals surface area contributed by atoms with Crippen LogP contribution in [0, 0.1) is 23.3 Å². The van der Waals surface area contributed by atoms with Crippen LogP contribution in [0.4, 0.5) is 29.1 Å². The van der Waals surface area contributed by atoms with E-state index in [-0.39, 0.29) is 23.8 Å². The van der Waals surface area contributed by atoms with Crippen molar-refractivity contribution >= 4 is 21.5 Å². The highest BCUT2D eigenvalue weighted by atomic mass is 32.2. The molecule has 13 heteroatoms. The molecule has 0 spiro atoms. The maximum absolute atomic E-state index is 15.6. The predicted octanol–water partition coefficient (Wildman–Crippen LogP) is 5.87. The molecule has 5 rings (SSSR count). The standard InChI is InChI=1S/C31H30F4N4O4S/c1-42-24-9-7-21(29(15-24)43-2)19-39(30-10-8-22(32)16-37-30)44(40,41)31-27(34)13-23(14-28(31)35)36-17-25-20(5-3-6-26(25)33)18-38-11-4-12-38/h3,5-10,13-16,36H,4,11-12,17-19H2,1-2H3. The van der Waals surface area contributed by atoms with Gasteiger partial charge in [-0.3, -0.25) is 4.90 Å². The molecule has 1 N–H and O–H groups in total. The number of aromatic nitrogens is 1. The molecular weight excluding hydrogens is 600 g/mol. The van der Waals surface area contributed by atoms with Gasteiger partial charge in [-0.25, -0.2) is 35.3 Å². The summed E-state index contributed by atoms with van der Waals surface area (Å²) >= 11 is 0. The van der Waals surface area contributed by atoms with Crippen LogP contribution in [-0.2, 0) is 29.7 Å². The quantitative estimate of drug-likeness (QED) is 0.196. The van der Waals surface area contributed by atoms with Crippen molar-refractivity contribution in [1.29, 1.82) is 0 Å². The van der Waals surface area contributed by atoms with E-state index >= 15 is 8.78 Å². The number of methoxy groups -OCH3 is 2. The molecule has 2 heterocycles. The molecule has 0 atom stereocenters. The fraction of sp³-hybridized carbons (Fsp3) is 0.258. The van der Waals surface area contributed by atoms with Gasteiger partial charge in [0.05, 0.1) is 27.0 Å². The van der Waals surface area contributed by atoms with Crippen LogP contribution in [0.2, 0.25) is 0 Å². The molecule has 1 aromatic heterocycles. The van der Waals surface area contributed by atoms with Gasteiger partial charge in [0.1, 0.15) is 40.6 Å². The molecule has 1 aliphatic rings. The second-order valence-corrected chi connectivity index (χ2v) is 12.0. The molecule has 0 saturated carbocycles. The molecule has 232 valence electrons. The van der Waals surface area contributed by atoms with E-state index in [0.29, 0.717) is 27.7 Å². The van der Waals surface area contributed by atoms with Crippen LogP contribution in [0.5, 0.6) is 11.5 Å². The first kappa shape index (κ1) is 31.1. The lowest BCUT2D eigenvalue weighted by molar-refractivity contribution is 0.172. The number of likely N-dealkylation sites (tertiary alicyclic amines) is 1. The molecule has 1 saturated heterocycles. The molecule has 44 heavy (non-hydrogen) atoms. The van der Waals surface area contributed by atoms with Crippen molar-refractivity contribution in [3.63, 3.8) is 0 Å². The molecule has 0 radical (unpaired) electrons. The summed E-state index contributed by atoms with van der Waals surface area (Å²) in [7, 11) is -2.14. The lowest BCUT2D eigenvalue weighted by atomic mass is 10.0. The Bertz CT molecular complexity index is 1730. The van der Waals surface area contributed by atoms with Gasteiger partial charge in [-0.15, -0.1) is 0 Å². The van der Waals surface area contributed by atoms with E-state index in [0.717, 1.165) is 55.5 Å². The Labute approximate surface area is 252 Å². The van der Waals surface area contributed by atoms with E-state index in [1.165, 1.54) is 32.4 Å². The third-order valence-electron chi connectivity index (χ3n) is 7.35. The summed E-state index contributed by atoms with van der Waals surface area (Å²) < 4.78 is 98.5. The average Bonchev–Trinajstić information content (AvgIpc) is 2.97. The van der Waals surface area contributed by atoms with Crippen molar-refractivity contribution in [2.75, 3.05) is 36.9 Å². The molecule has 1 fully saturated rings. The second-order valence-electron chi connectivity index (χ2n) is 10.2. The fourth-order valence-corrected chi connectivity index (χ4v) is 6.38. The van der Waals surface area contributed by atoms with Crippen molar-refractivity contribution in [1.82, 2.24) is 9.88 Å². The maximum atomic E-state index is 15.6. The minimum atomic E-state index is -4.96. The Balaban J connectivity index is 1.46. The van der Waals surface area contributed by atoms with Crippen molar-refractivity contribution in [2.45, 2.75) is 31.0 Å². The first-order chi connectivity index (χ1) is 21.1. The van der Waals surface area contributed by atoms with Crippen LogP contribution in [0.25, 0.3) is 0 Å². The van der Waals surface area contributed by atoms with Gasteiger partial charge in [0.25, 0.3) is 10.0 Å². The van der Waals surface area contributed by atoms with E-state index in [9.17, 15) is 17.2 Å². The van der Waals surface area contributed by atoms with Gasteiger partial charge in [-0.1, -0.05) is 12.1 Å². The predicted molar refractivity (Wildman–Crippen MR) is 157 cm³/mol. The SMILES string of the molecule is COc1ccc(CN(c2ccc(F)cn2)S(=O)(=O)c2c(F)cc(NCc3c(F)cccc3CN3CCC3)cc2F)c(OC)c1. The normalized spacial score (nSPS) is 13.3. The number of anilines is 2. The lowest BCUT2D eigenvalue weighted by Crippen LogP contribution is -2.36. The minimum Gasteiger partial charge on any atom is -0.497 e. The minimum absolute atomic E-state index is 0.0797. The molecule has 8 nitrogen and oxygen atoms in total. The number of ether oxygens (including phenoxy) is 2. The van der Waals surface area contributed by atoms with Gasteiger partial charge in [0.15, 0.2) is 4.90 Å². The third-order valence-corrected chi connectivity index (χ3v) is 9.15. The molecule has 0 bridgehead atoms. The lowest BCUT2D eigenvalue weighted by Gasteiger charge is -2.31. The zero-order valence-electron chi connectivity index (χ0n) is 24.0. The zero-order chi connectivity index (χ0) is 31.4. The summed E-state index contributed by atoms with van der Waals surface area (Å²) in [6.45, 7) is 1.82. The number of nitrogens with one attached hydrogen (secondary N) is 1. The van der Waals surface area contributed by atoms with E-state index in [1.807, 2.05) is 0 Å². The van der Waals surface area contributed by atoms with Crippen LogP contribution in [0.3, 0.4) is 0 Å². The fourth-order valence-electron chi connectivity index (χ4n) is 4.88. The van der Waals surface area contributed by atoms with Crippen LogP contribution in [0.15, 0.2) is 71.8 Å². The zero-order valence-corrected chi connectivity index (χ0v) is 24.8. The van der Waals surface area contributed by atoms with E-state index in [4.69, 9.17) is 9.47 Å². The Morgan fingerprint density at radius 2 is 1.66 bits per heavy atom. The maximum Gasteiger partial charge on any atom is 0.271 e. The summed E-state index contributed by atoms with van der Waals surface area (Å²) in [5.41, 5.74) is 1.33. The smallest absolute Gasteiger partial charge is 0.271 e. The largest absolute Gasteiger partial charge is 0.497 e. The molecule has 0 amide bonds. The number of halogens is 4. The Hall–Kier alpha value is -4.36. The number of rotatable bonds is 12. The average molecular weight is 631 g/mol. The highest BCUT2D eigenvalue weighted by Crippen LogP contribution is 2.33. The second kappa shape index (κ2) is 13.1.